The highest BCUT2D eigenvalue weighted by Gasteiger charge is 2.22. The molecule has 22 heavy (non-hydrogen) atoms. The third-order valence-corrected chi connectivity index (χ3v) is 3.23. The molecule has 1 aliphatic heterocycles. The minimum absolute atomic E-state index is 0.157. The molecule has 3 rings (SSSR count). The van der Waals surface area contributed by atoms with Gasteiger partial charge in [0, 0.05) is 6.07 Å². The third-order valence-electron chi connectivity index (χ3n) is 3.23. The first-order valence-corrected chi connectivity index (χ1v) is 6.75. The van der Waals surface area contributed by atoms with Crippen LogP contribution in [0.4, 0.5) is 8.78 Å². The number of amides is 1. The van der Waals surface area contributed by atoms with Gasteiger partial charge in [0.05, 0.1) is 12.1 Å². The first-order chi connectivity index (χ1) is 10.6. The van der Waals surface area contributed by atoms with E-state index in [-0.39, 0.29) is 24.8 Å². The number of para-hydroxylation sites is 2. The number of halogens is 2. The zero-order chi connectivity index (χ0) is 15.5. The predicted octanol–water partition coefficient (Wildman–Crippen LogP) is 2.53. The van der Waals surface area contributed by atoms with Gasteiger partial charge in [-0.05, 0) is 24.3 Å². The molecule has 2 aromatic rings. The Hall–Kier alpha value is -2.63. The predicted molar refractivity (Wildman–Crippen MR) is 75.0 cm³/mol. The van der Waals surface area contributed by atoms with Crippen LogP contribution in [0.25, 0.3) is 0 Å². The lowest BCUT2D eigenvalue weighted by atomic mass is 10.2. The quantitative estimate of drug-likeness (QED) is 0.948. The second kappa shape index (κ2) is 6.01. The van der Waals surface area contributed by atoms with Crippen molar-refractivity contribution in [3.05, 3.63) is 59.7 Å². The van der Waals surface area contributed by atoms with Gasteiger partial charge in [-0.3, -0.25) is 4.79 Å². The highest BCUT2D eigenvalue weighted by Crippen LogP contribution is 2.30. The Balaban J connectivity index is 1.60. The molecule has 1 aliphatic rings. The van der Waals surface area contributed by atoms with Gasteiger partial charge in [-0.15, -0.1) is 0 Å². The molecule has 114 valence electrons. The molecule has 1 atom stereocenters. The minimum atomic E-state index is -0.899. The topological polar surface area (TPSA) is 47.6 Å². The molecular formula is C16H13F2NO3. The molecule has 4 nitrogen and oxygen atoms in total. The van der Waals surface area contributed by atoms with Gasteiger partial charge < -0.3 is 14.8 Å². The van der Waals surface area contributed by atoms with Crippen molar-refractivity contribution in [3.63, 3.8) is 0 Å². The third kappa shape index (κ3) is 3.00. The summed E-state index contributed by atoms with van der Waals surface area (Å²) in [5.41, 5.74) is -0.210. The Kier molecular flexibility index (Phi) is 3.91. The molecule has 1 amide bonds. The van der Waals surface area contributed by atoms with E-state index in [1.54, 1.807) is 12.1 Å². The van der Waals surface area contributed by atoms with Crippen LogP contribution < -0.4 is 14.8 Å². The zero-order valence-corrected chi connectivity index (χ0v) is 11.5. The van der Waals surface area contributed by atoms with Crippen LogP contribution >= 0.6 is 0 Å². The fraction of sp³-hybridized carbons (Fsp3) is 0.188. The van der Waals surface area contributed by atoms with Gasteiger partial charge >= 0.3 is 0 Å². The molecule has 6 heteroatoms. The number of ether oxygens (including phenoxy) is 2. The van der Waals surface area contributed by atoms with Crippen LogP contribution in [0.2, 0.25) is 0 Å². The van der Waals surface area contributed by atoms with E-state index in [9.17, 15) is 13.6 Å². The van der Waals surface area contributed by atoms with Gasteiger partial charge in [0.25, 0.3) is 5.91 Å². The van der Waals surface area contributed by atoms with Crippen molar-refractivity contribution in [2.24, 2.45) is 0 Å². The van der Waals surface area contributed by atoms with Crippen molar-refractivity contribution in [1.82, 2.24) is 5.32 Å². The number of rotatable bonds is 3. The number of carbonyl (C=O) groups excluding carboxylic acids is 1. The summed E-state index contributed by atoms with van der Waals surface area (Å²) < 4.78 is 37.5. The van der Waals surface area contributed by atoms with E-state index < -0.39 is 17.5 Å². The lowest BCUT2D eigenvalue weighted by Crippen LogP contribution is -2.40. The van der Waals surface area contributed by atoms with Crippen molar-refractivity contribution in [1.29, 1.82) is 0 Å². The number of carbonyl (C=O) groups is 1. The van der Waals surface area contributed by atoms with Gasteiger partial charge in [-0.1, -0.05) is 12.1 Å². The normalized spacial score (nSPS) is 16.2. The maximum Gasteiger partial charge on any atom is 0.254 e. The van der Waals surface area contributed by atoms with Crippen molar-refractivity contribution < 1.29 is 23.0 Å². The van der Waals surface area contributed by atoms with E-state index in [0.717, 1.165) is 12.1 Å². The molecule has 0 aliphatic carbocycles. The fourth-order valence-corrected chi connectivity index (χ4v) is 2.14. The van der Waals surface area contributed by atoms with Crippen molar-refractivity contribution in [2.75, 3.05) is 13.2 Å². The first-order valence-electron chi connectivity index (χ1n) is 6.75. The number of fused-ring (bicyclic) bond motifs is 1. The standard InChI is InChI=1S/C16H13F2NO3/c17-10-5-6-12(13(18)7-10)16(20)19-8-11-9-21-14-3-1-2-4-15(14)22-11/h1-7,11H,8-9H2,(H,19,20). The van der Waals surface area contributed by atoms with E-state index in [0.29, 0.717) is 17.6 Å². The summed E-state index contributed by atoms with van der Waals surface area (Å²) in [6.45, 7) is 0.438. The van der Waals surface area contributed by atoms with Gasteiger partial charge in [-0.25, -0.2) is 8.78 Å². The molecule has 0 fully saturated rings. The molecule has 0 spiro atoms. The highest BCUT2D eigenvalue weighted by atomic mass is 19.1. The zero-order valence-electron chi connectivity index (χ0n) is 11.5. The molecular weight excluding hydrogens is 292 g/mol. The summed E-state index contributed by atoms with van der Waals surface area (Å²) in [7, 11) is 0. The molecule has 0 saturated heterocycles. The van der Waals surface area contributed by atoms with Crippen LogP contribution in [-0.4, -0.2) is 25.2 Å². The monoisotopic (exact) mass is 305 g/mol. The maximum absolute atomic E-state index is 13.5. The van der Waals surface area contributed by atoms with E-state index in [1.165, 1.54) is 0 Å². The van der Waals surface area contributed by atoms with Crippen LogP contribution in [0.1, 0.15) is 10.4 Å². The average Bonchev–Trinajstić information content (AvgIpc) is 2.52. The van der Waals surface area contributed by atoms with Crippen LogP contribution in [0.15, 0.2) is 42.5 Å². The van der Waals surface area contributed by atoms with E-state index in [2.05, 4.69) is 5.32 Å². The maximum atomic E-state index is 13.5. The average molecular weight is 305 g/mol. The number of hydrogen-bond donors (Lipinski definition) is 1. The summed E-state index contributed by atoms with van der Waals surface area (Å²) >= 11 is 0. The van der Waals surface area contributed by atoms with Gasteiger partial charge in [0.15, 0.2) is 11.5 Å². The number of hydrogen-bond acceptors (Lipinski definition) is 3. The largest absolute Gasteiger partial charge is 0.486 e. The molecule has 1 N–H and O–H groups in total. The second-order valence-electron chi connectivity index (χ2n) is 4.83. The van der Waals surface area contributed by atoms with Crippen LogP contribution in [-0.2, 0) is 0 Å². The van der Waals surface area contributed by atoms with Gasteiger partial charge in [0.2, 0.25) is 0 Å². The number of benzene rings is 2. The van der Waals surface area contributed by atoms with Gasteiger partial charge in [0.1, 0.15) is 24.3 Å². The number of nitrogens with one attached hydrogen (secondary N) is 1. The van der Waals surface area contributed by atoms with Crippen LogP contribution in [0.3, 0.4) is 0 Å². The lowest BCUT2D eigenvalue weighted by molar-refractivity contribution is 0.0787. The Labute approximate surface area is 125 Å². The summed E-state index contributed by atoms with van der Waals surface area (Å²) in [4.78, 5) is 11.9. The van der Waals surface area contributed by atoms with E-state index in [4.69, 9.17) is 9.47 Å². The molecule has 0 saturated carbocycles. The second-order valence-corrected chi connectivity index (χ2v) is 4.83. The Morgan fingerprint density at radius 2 is 1.95 bits per heavy atom. The Morgan fingerprint density at radius 3 is 2.73 bits per heavy atom. The molecule has 1 unspecified atom stereocenters. The first kappa shape index (κ1) is 14.3. The summed E-state index contributed by atoms with van der Waals surface area (Å²) in [5.74, 6) is -1.01. The van der Waals surface area contributed by atoms with Crippen LogP contribution in [0, 0.1) is 11.6 Å². The summed E-state index contributed by atoms with van der Waals surface area (Å²) in [6, 6.07) is 10.0. The van der Waals surface area contributed by atoms with Crippen molar-refractivity contribution in [2.45, 2.75) is 6.10 Å². The van der Waals surface area contributed by atoms with E-state index >= 15 is 0 Å². The summed E-state index contributed by atoms with van der Waals surface area (Å²) in [5, 5.41) is 2.55. The Morgan fingerprint density at radius 1 is 1.18 bits per heavy atom. The smallest absolute Gasteiger partial charge is 0.254 e. The summed E-state index contributed by atoms with van der Waals surface area (Å²) in [6.07, 6.45) is -0.373. The Bertz CT molecular complexity index is 706. The lowest BCUT2D eigenvalue weighted by Gasteiger charge is -2.26. The molecule has 1 heterocycles. The van der Waals surface area contributed by atoms with Gasteiger partial charge in [-0.2, -0.15) is 0 Å². The van der Waals surface area contributed by atoms with Crippen molar-refractivity contribution in [3.8, 4) is 11.5 Å². The molecule has 0 aromatic heterocycles. The fourth-order valence-electron chi connectivity index (χ4n) is 2.14. The SMILES string of the molecule is O=C(NCC1COc2ccccc2O1)c1ccc(F)cc1F. The van der Waals surface area contributed by atoms with Crippen molar-refractivity contribution >= 4 is 5.91 Å². The van der Waals surface area contributed by atoms with Crippen LogP contribution in [0.5, 0.6) is 11.5 Å². The highest BCUT2D eigenvalue weighted by molar-refractivity contribution is 5.94. The molecule has 2 aromatic carbocycles. The molecule has 0 radical (unpaired) electrons. The molecule has 0 bridgehead atoms. The minimum Gasteiger partial charge on any atom is -0.486 e. The van der Waals surface area contributed by atoms with E-state index in [1.807, 2.05) is 12.1 Å².